The number of hydrogen-bond acceptors (Lipinski definition) is 9. The van der Waals surface area contributed by atoms with Gasteiger partial charge in [0.2, 0.25) is 29.5 Å². The largest absolute Gasteiger partial charge is 0.457 e. The Bertz CT molecular complexity index is 2540. The van der Waals surface area contributed by atoms with Crippen LogP contribution >= 0.6 is 11.6 Å². The summed E-state index contributed by atoms with van der Waals surface area (Å²) in [5, 5.41) is 6.38. The number of imidazole rings is 1. The van der Waals surface area contributed by atoms with Crippen LogP contribution in [0, 0.1) is 5.92 Å². The van der Waals surface area contributed by atoms with Gasteiger partial charge in [0, 0.05) is 75.9 Å². The lowest BCUT2D eigenvalue weighted by molar-refractivity contribution is -0.147. The lowest BCUT2D eigenvalue weighted by Crippen LogP contribution is -2.57. The third-order valence-corrected chi connectivity index (χ3v) is 13.0. The zero-order valence-corrected chi connectivity index (χ0v) is 41.6. The second kappa shape index (κ2) is 24.1. The topological polar surface area (TPSA) is 159 Å². The number of amides is 5. The Balaban J connectivity index is 1.34. The Hall–Kier alpha value is -6.55. The molecule has 5 amide bonds. The highest BCUT2D eigenvalue weighted by molar-refractivity contribution is 6.30. The maximum Gasteiger partial charge on any atom is 0.247 e. The second-order valence-electron chi connectivity index (χ2n) is 18.1. The molecule has 1 saturated heterocycles. The van der Waals surface area contributed by atoms with E-state index in [0.717, 1.165) is 28.2 Å². The quantitative estimate of drug-likeness (QED) is 0.142. The number of nitrogens with one attached hydrogen (secondary N) is 2. The number of hydrogen-bond donors (Lipinski definition) is 2. The van der Waals surface area contributed by atoms with Crippen molar-refractivity contribution in [3.63, 3.8) is 0 Å². The number of aromatic nitrogens is 2. The third-order valence-electron chi connectivity index (χ3n) is 12.7. The molecule has 0 saturated carbocycles. The van der Waals surface area contributed by atoms with Gasteiger partial charge in [-0.05, 0) is 94.4 Å². The maximum absolute atomic E-state index is 15.0. The van der Waals surface area contributed by atoms with Gasteiger partial charge < -0.3 is 44.3 Å². The maximum atomic E-state index is 15.0. The summed E-state index contributed by atoms with van der Waals surface area (Å²) < 4.78 is 14.0. The summed E-state index contributed by atoms with van der Waals surface area (Å²) in [6.45, 7) is 4.01. The van der Waals surface area contributed by atoms with Crippen LogP contribution < -0.4 is 15.4 Å². The molecule has 0 spiro atoms. The average Bonchev–Trinajstić information content (AvgIpc) is 3.70. The van der Waals surface area contributed by atoms with Gasteiger partial charge in [-0.1, -0.05) is 72.3 Å². The van der Waals surface area contributed by atoms with Crippen LogP contribution in [0.2, 0.25) is 5.02 Å². The van der Waals surface area contributed by atoms with Gasteiger partial charge in [-0.15, -0.1) is 0 Å². The van der Waals surface area contributed by atoms with Crippen LogP contribution in [0.5, 0.6) is 11.5 Å². The van der Waals surface area contributed by atoms with Crippen molar-refractivity contribution in [2.24, 2.45) is 13.0 Å². The molecule has 366 valence electrons. The van der Waals surface area contributed by atoms with Crippen molar-refractivity contribution in [1.82, 2.24) is 39.8 Å². The third kappa shape index (κ3) is 13.8. The van der Waals surface area contributed by atoms with Gasteiger partial charge in [0.25, 0.3) is 0 Å². The molecule has 1 fully saturated rings. The predicted octanol–water partition coefficient (Wildman–Crippen LogP) is 6.13. The molecule has 0 bridgehead atoms. The number of rotatable bonds is 13. The lowest BCUT2D eigenvalue weighted by atomic mass is 9.93. The van der Waals surface area contributed by atoms with Gasteiger partial charge in [0.15, 0.2) is 0 Å². The predicted molar refractivity (Wildman–Crippen MR) is 266 cm³/mol. The minimum Gasteiger partial charge on any atom is -0.457 e. The van der Waals surface area contributed by atoms with E-state index in [1.54, 1.807) is 44.1 Å². The van der Waals surface area contributed by atoms with Crippen molar-refractivity contribution in [2.45, 2.75) is 76.8 Å². The molecule has 0 aliphatic carbocycles. The van der Waals surface area contributed by atoms with Crippen LogP contribution in [0.15, 0.2) is 109 Å². The van der Waals surface area contributed by atoms with E-state index in [2.05, 4.69) is 25.1 Å². The number of nitrogens with zero attached hydrogens (tertiary/aromatic N) is 6. The van der Waals surface area contributed by atoms with Crippen molar-refractivity contribution in [3.05, 3.63) is 137 Å². The Morgan fingerprint density at radius 3 is 2.13 bits per heavy atom. The van der Waals surface area contributed by atoms with Crippen LogP contribution in [0.4, 0.5) is 0 Å². The van der Waals surface area contributed by atoms with Crippen LogP contribution in [-0.2, 0) is 61.7 Å². The molecule has 6 rings (SSSR count). The van der Waals surface area contributed by atoms with E-state index < -0.39 is 47.8 Å². The van der Waals surface area contributed by atoms with Crippen LogP contribution in [-0.4, -0.2) is 131 Å². The Morgan fingerprint density at radius 1 is 0.783 bits per heavy atom. The minimum atomic E-state index is -1.17. The Labute approximate surface area is 410 Å². The lowest BCUT2D eigenvalue weighted by Gasteiger charge is -2.35. The van der Waals surface area contributed by atoms with Gasteiger partial charge in [-0.3, -0.25) is 24.0 Å². The van der Waals surface area contributed by atoms with Crippen molar-refractivity contribution in [3.8, 4) is 22.8 Å². The van der Waals surface area contributed by atoms with Crippen molar-refractivity contribution >= 4 is 41.1 Å². The van der Waals surface area contributed by atoms with Crippen LogP contribution in [0.1, 0.15) is 49.2 Å². The number of likely N-dealkylation sites (N-methyl/N-ethyl adjacent to an activating group) is 2. The summed E-state index contributed by atoms with van der Waals surface area (Å²) >= 11 is 6.19. The van der Waals surface area contributed by atoms with Crippen molar-refractivity contribution in [2.75, 3.05) is 48.5 Å². The molecule has 4 aromatic carbocycles. The number of ether oxygens (including phenoxy) is 2. The first-order valence-electron chi connectivity index (χ1n) is 23.2. The summed E-state index contributed by atoms with van der Waals surface area (Å²) in [6, 6.07) is 28.2. The number of para-hydroxylation sites is 1. The number of halogens is 1. The normalized spacial score (nSPS) is 20.4. The fraction of sp³-hybridized carbons (Fsp3) is 0.396. The summed E-state index contributed by atoms with van der Waals surface area (Å²) in [5.74, 6) is -1.04. The number of methoxy groups -OCH3 is 1. The Morgan fingerprint density at radius 2 is 1.45 bits per heavy atom. The van der Waals surface area contributed by atoms with E-state index in [0.29, 0.717) is 35.1 Å². The highest BCUT2D eigenvalue weighted by Gasteiger charge is 2.36. The number of carbonyl (C=O) groups excluding carboxylic acids is 5. The molecular formula is C53H65ClN8O7. The van der Waals surface area contributed by atoms with E-state index in [-0.39, 0.29) is 50.8 Å². The molecule has 2 heterocycles. The zero-order chi connectivity index (χ0) is 49.8. The molecule has 1 aliphatic rings. The summed E-state index contributed by atoms with van der Waals surface area (Å²) in [6.07, 6.45) is 2.11. The van der Waals surface area contributed by atoms with E-state index in [1.165, 1.54) is 16.9 Å². The molecule has 1 aliphatic heterocycles. The second-order valence-corrected chi connectivity index (χ2v) is 18.6. The first kappa shape index (κ1) is 51.8. The summed E-state index contributed by atoms with van der Waals surface area (Å²) in [5.41, 5.74) is 4.23. The first-order valence-corrected chi connectivity index (χ1v) is 23.6. The van der Waals surface area contributed by atoms with Crippen molar-refractivity contribution in [1.29, 1.82) is 0 Å². The summed E-state index contributed by atoms with van der Waals surface area (Å²) in [7, 11) is 10.7. The van der Waals surface area contributed by atoms with Gasteiger partial charge in [0.05, 0.1) is 37.5 Å². The molecular weight excluding hydrogens is 896 g/mol. The minimum absolute atomic E-state index is 0.0634. The molecule has 2 N–H and O–H groups in total. The average molecular weight is 962 g/mol. The first-order chi connectivity index (χ1) is 33.0. The van der Waals surface area contributed by atoms with Crippen molar-refractivity contribution < 1.29 is 33.4 Å². The number of benzene rings is 4. The molecule has 0 unspecified atom stereocenters. The Kier molecular flexibility index (Phi) is 18.1. The van der Waals surface area contributed by atoms with E-state index >= 15 is 0 Å². The monoisotopic (exact) mass is 960 g/mol. The standard InChI is InChI=1S/C53H65ClN8O7/c1-35-30-56-49(63)29-43(27-38-18-22-42(54)23-19-38)60(6)53(67)45(34-68-8)57-51(65)36(2)62(50(64)28-41(52(66)59(35)5)26-37-14-10-9-11-15-37)32-40-16-12-13-17-47(40)69-44-24-20-39(21-25-44)46-31-55-48(61(46)7)33-58(3)4/h9-25,31,35-36,41,43,45H,26-30,32-34H2,1-8H3,(H,56,63)(H,57,65)/t35-,36-,41+,43-,45-/m0/s1. The van der Waals surface area contributed by atoms with Crippen LogP contribution in [0.3, 0.4) is 0 Å². The molecule has 1 aromatic heterocycles. The molecule has 5 atom stereocenters. The van der Waals surface area contributed by atoms with E-state index in [1.807, 2.05) is 119 Å². The van der Waals surface area contributed by atoms with Crippen LogP contribution in [0.25, 0.3) is 11.3 Å². The molecule has 0 radical (unpaired) electrons. The van der Waals surface area contributed by atoms with Gasteiger partial charge >= 0.3 is 0 Å². The molecule has 69 heavy (non-hydrogen) atoms. The fourth-order valence-electron chi connectivity index (χ4n) is 8.43. The fourth-order valence-corrected chi connectivity index (χ4v) is 8.55. The highest BCUT2D eigenvalue weighted by atomic mass is 35.5. The van der Waals surface area contributed by atoms with Gasteiger partial charge in [-0.25, -0.2) is 4.98 Å². The highest BCUT2D eigenvalue weighted by Crippen LogP contribution is 2.31. The van der Waals surface area contributed by atoms with E-state index in [4.69, 9.17) is 21.1 Å². The van der Waals surface area contributed by atoms with Gasteiger partial charge in [-0.2, -0.15) is 0 Å². The SMILES string of the molecule is COC[C@@H]1NC(=O)[C@H](C)N(Cc2ccccc2Oc2ccc(-c3cnc(CN(C)C)n3C)cc2)C(=O)C[C@@H](Cc2ccccc2)C(=O)N(C)[C@@H](C)CNC(=O)C[C@H](Cc2ccc(Cl)cc2)N(C)C1=O. The number of carbonyl (C=O) groups is 5. The smallest absolute Gasteiger partial charge is 0.247 e. The molecule has 15 nitrogen and oxygen atoms in total. The van der Waals surface area contributed by atoms with Gasteiger partial charge in [0.1, 0.15) is 29.4 Å². The summed E-state index contributed by atoms with van der Waals surface area (Å²) in [4.78, 5) is 83.3. The molecule has 16 heteroatoms. The zero-order valence-electron chi connectivity index (χ0n) is 40.9. The molecule has 5 aromatic rings. The van der Waals surface area contributed by atoms with E-state index in [9.17, 15) is 24.0 Å².